The number of anilines is 2. The zero-order valence-electron chi connectivity index (χ0n) is 8.11. The van der Waals surface area contributed by atoms with Crippen LogP contribution in [0.4, 0.5) is 11.6 Å². The lowest BCUT2D eigenvalue weighted by atomic mass is 10.2. The highest BCUT2D eigenvalue weighted by Gasteiger charge is 2.00. The molecule has 0 saturated carbocycles. The Morgan fingerprint density at radius 1 is 1.14 bits per heavy atom. The summed E-state index contributed by atoms with van der Waals surface area (Å²) in [5.41, 5.74) is 2.18. The van der Waals surface area contributed by atoms with Crippen LogP contribution in [0.15, 0.2) is 28.8 Å². The van der Waals surface area contributed by atoms with Crippen molar-refractivity contribution in [2.45, 2.75) is 13.8 Å². The van der Waals surface area contributed by atoms with Crippen LogP contribution in [0.3, 0.4) is 0 Å². The van der Waals surface area contributed by atoms with Crippen molar-refractivity contribution < 1.29 is 4.52 Å². The van der Waals surface area contributed by atoms with Gasteiger partial charge in [-0.1, -0.05) is 17.7 Å². The monoisotopic (exact) mass is 189 g/mol. The third-order valence-electron chi connectivity index (χ3n) is 1.84. The number of hydrogen-bond donors (Lipinski definition) is 1. The van der Waals surface area contributed by atoms with Gasteiger partial charge in [0.15, 0.2) is 0 Å². The van der Waals surface area contributed by atoms with Crippen molar-refractivity contribution in [2.75, 3.05) is 5.32 Å². The van der Waals surface area contributed by atoms with E-state index in [0.29, 0.717) is 11.8 Å². The van der Waals surface area contributed by atoms with Gasteiger partial charge in [-0.05, 0) is 24.2 Å². The summed E-state index contributed by atoms with van der Waals surface area (Å²) in [7, 11) is 0. The van der Waals surface area contributed by atoms with E-state index in [2.05, 4.69) is 15.5 Å². The number of aromatic nitrogens is 2. The summed E-state index contributed by atoms with van der Waals surface area (Å²) in [5, 5.41) is 6.77. The molecule has 1 aromatic heterocycles. The predicted molar refractivity (Wildman–Crippen MR) is 53.5 cm³/mol. The van der Waals surface area contributed by atoms with Gasteiger partial charge < -0.3 is 9.84 Å². The topological polar surface area (TPSA) is 51.0 Å². The number of nitrogens with one attached hydrogen (secondary N) is 1. The predicted octanol–water partition coefficient (Wildman–Crippen LogP) is 2.43. The van der Waals surface area contributed by atoms with E-state index in [9.17, 15) is 0 Å². The third kappa shape index (κ3) is 1.90. The largest absolute Gasteiger partial charge is 0.338 e. The molecule has 0 aliphatic heterocycles. The summed E-state index contributed by atoms with van der Waals surface area (Å²) in [6, 6.07) is 7.99. The van der Waals surface area contributed by atoms with Crippen molar-refractivity contribution in [3.63, 3.8) is 0 Å². The van der Waals surface area contributed by atoms with Crippen molar-refractivity contribution >= 4 is 11.6 Å². The van der Waals surface area contributed by atoms with Gasteiger partial charge in [-0.3, -0.25) is 0 Å². The van der Waals surface area contributed by atoms with Crippen LogP contribution in [0.25, 0.3) is 0 Å². The normalized spacial score (nSPS) is 10.1. The molecule has 4 nitrogen and oxygen atoms in total. The van der Waals surface area contributed by atoms with Crippen LogP contribution in [0.1, 0.15) is 11.5 Å². The second kappa shape index (κ2) is 3.49. The van der Waals surface area contributed by atoms with Gasteiger partial charge in [0.05, 0.1) is 0 Å². The Kier molecular flexibility index (Phi) is 2.18. The summed E-state index contributed by atoms with van der Waals surface area (Å²) < 4.78 is 4.84. The molecule has 0 unspecified atom stereocenters. The first-order valence-electron chi connectivity index (χ1n) is 4.38. The van der Waals surface area contributed by atoms with Crippen molar-refractivity contribution in [2.24, 2.45) is 0 Å². The van der Waals surface area contributed by atoms with E-state index in [-0.39, 0.29) is 0 Å². The Hall–Kier alpha value is -1.84. The molecule has 0 saturated heterocycles. The molecular formula is C10H11N3O. The Bertz CT molecular complexity index is 419. The Balaban J connectivity index is 2.15. The van der Waals surface area contributed by atoms with Crippen molar-refractivity contribution in [3.8, 4) is 0 Å². The zero-order valence-corrected chi connectivity index (χ0v) is 8.11. The summed E-state index contributed by atoms with van der Waals surface area (Å²) in [6.07, 6.45) is 0. The molecule has 4 heteroatoms. The molecule has 2 aromatic rings. The number of nitrogens with zero attached hydrogens (tertiary/aromatic N) is 2. The zero-order chi connectivity index (χ0) is 9.97. The van der Waals surface area contributed by atoms with Gasteiger partial charge in [0.1, 0.15) is 0 Å². The van der Waals surface area contributed by atoms with E-state index in [1.165, 1.54) is 5.56 Å². The molecule has 14 heavy (non-hydrogen) atoms. The molecule has 0 atom stereocenters. The average Bonchev–Trinajstić information content (AvgIpc) is 2.56. The maximum atomic E-state index is 4.84. The van der Waals surface area contributed by atoms with Gasteiger partial charge in [-0.15, -0.1) is 0 Å². The number of aryl methyl sites for hydroxylation is 2. The molecule has 0 aliphatic carbocycles. The third-order valence-corrected chi connectivity index (χ3v) is 1.84. The van der Waals surface area contributed by atoms with Crippen LogP contribution in [-0.2, 0) is 0 Å². The summed E-state index contributed by atoms with van der Waals surface area (Å²) >= 11 is 0. The number of benzene rings is 1. The summed E-state index contributed by atoms with van der Waals surface area (Å²) in [4.78, 5) is 4.04. The van der Waals surface area contributed by atoms with Crippen LogP contribution in [-0.4, -0.2) is 10.1 Å². The van der Waals surface area contributed by atoms with Gasteiger partial charge in [0.2, 0.25) is 5.89 Å². The maximum Gasteiger partial charge on any atom is 0.267 e. The van der Waals surface area contributed by atoms with Crippen LogP contribution < -0.4 is 5.32 Å². The van der Waals surface area contributed by atoms with Crippen LogP contribution in [0, 0.1) is 13.8 Å². The number of rotatable bonds is 2. The molecule has 1 N–H and O–H groups in total. The lowest BCUT2D eigenvalue weighted by molar-refractivity contribution is 0.395. The van der Waals surface area contributed by atoms with Crippen LogP contribution in [0.5, 0.6) is 0 Å². The van der Waals surface area contributed by atoms with E-state index in [1.807, 2.05) is 31.2 Å². The Morgan fingerprint density at radius 2 is 1.86 bits per heavy atom. The molecule has 0 radical (unpaired) electrons. The SMILES string of the molecule is Cc1ccc(Nc2noc(C)n2)cc1. The Morgan fingerprint density at radius 3 is 2.43 bits per heavy atom. The van der Waals surface area contributed by atoms with Gasteiger partial charge in [0.25, 0.3) is 5.95 Å². The van der Waals surface area contributed by atoms with E-state index in [4.69, 9.17) is 4.52 Å². The summed E-state index contributed by atoms with van der Waals surface area (Å²) in [5.74, 6) is 1.05. The fourth-order valence-electron chi connectivity index (χ4n) is 1.12. The average molecular weight is 189 g/mol. The first kappa shape index (κ1) is 8.74. The summed E-state index contributed by atoms with van der Waals surface area (Å²) in [6.45, 7) is 3.80. The fraction of sp³-hybridized carbons (Fsp3) is 0.200. The first-order valence-corrected chi connectivity index (χ1v) is 4.38. The van der Waals surface area contributed by atoms with Gasteiger partial charge >= 0.3 is 0 Å². The fourth-order valence-corrected chi connectivity index (χ4v) is 1.12. The molecule has 72 valence electrons. The van der Waals surface area contributed by atoms with Crippen LogP contribution in [0.2, 0.25) is 0 Å². The minimum absolute atomic E-state index is 0.492. The maximum absolute atomic E-state index is 4.84. The second-order valence-corrected chi connectivity index (χ2v) is 3.13. The van der Waals surface area contributed by atoms with Gasteiger partial charge in [-0.25, -0.2) is 0 Å². The lowest BCUT2D eigenvalue weighted by Crippen LogP contribution is -1.91. The second-order valence-electron chi connectivity index (χ2n) is 3.13. The van der Waals surface area contributed by atoms with Crippen LogP contribution >= 0.6 is 0 Å². The molecule has 1 heterocycles. The molecule has 0 fully saturated rings. The molecule has 0 amide bonds. The Labute approximate surface area is 82.0 Å². The number of hydrogen-bond acceptors (Lipinski definition) is 4. The standard InChI is InChI=1S/C10H11N3O/c1-7-3-5-9(6-4-7)12-10-11-8(2)14-13-10/h3-6H,1-2H3,(H,12,13). The van der Waals surface area contributed by atoms with Gasteiger partial charge in [0, 0.05) is 12.6 Å². The van der Waals surface area contributed by atoms with E-state index in [0.717, 1.165) is 5.69 Å². The van der Waals surface area contributed by atoms with Crippen molar-refractivity contribution in [1.29, 1.82) is 0 Å². The minimum Gasteiger partial charge on any atom is -0.338 e. The van der Waals surface area contributed by atoms with Crippen molar-refractivity contribution in [1.82, 2.24) is 10.1 Å². The lowest BCUT2D eigenvalue weighted by Gasteiger charge is -2.00. The molecule has 0 bridgehead atoms. The highest BCUT2D eigenvalue weighted by molar-refractivity contribution is 5.52. The van der Waals surface area contributed by atoms with E-state index < -0.39 is 0 Å². The highest BCUT2D eigenvalue weighted by atomic mass is 16.5. The minimum atomic E-state index is 0.492. The highest BCUT2D eigenvalue weighted by Crippen LogP contribution is 2.13. The molecule has 0 aliphatic rings. The smallest absolute Gasteiger partial charge is 0.267 e. The molecule has 1 aromatic carbocycles. The molecular weight excluding hydrogens is 178 g/mol. The van der Waals surface area contributed by atoms with E-state index >= 15 is 0 Å². The van der Waals surface area contributed by atoms with Crippen molar-refractivity contribution in [3.05, 3.63) is 35.7 Å². The van der Waals surface area contributed by atoms with Gasteiger partial charge in [-0.2, -0.15) is 4.98 Å². The molecule has 2 rings (SSSR count). The molecule has 0 spiro atoms. The first-order chi connectivity index (χ1) is 6.74. The quantitative estimate of drug-likeness (QED) is 0.788. The van der Waals surface area contributed by atoms with E-state index in [1.54, 1.807) is 6.92 Å².